The van der Waals surface area contributed by atoms with E-state index in [1.165, 1.54) is 12.1 Å². The summed E-state index contributed by atoms with van der Waals surface area (Å²) in [6, 6.07) is 11.5. The summed E-state index contributed by atoms with van der Waals surface area (Å²) in [4.78, 5) is 14.1. The number of anilines is 3. The van der Waals surface area contributed by atoms with Gasteiger partial charge in [-0.05, 0) is 44.2 Å². The van der Waals surface area contributed by atoms with E-state index in [4.69, 9.17) is 16.3 Å². The molecule has 0 saturated carbocycles. The zero-order valence-corrected chi connectivity index (χ0v) is 18.4. The number of morpholine rings is 1. The van der Waals surface area contributed by atoms with Gasteiger partial charge in [0.1, 0.15) is 4.90 Å². The Bertz CT molecular complexity index is 1060. The molecule has 1 amide bonds. The third-order valence-corrected chi connectivity index (χ3v) is 6.13. The number of rotatable bonds is 6. The van der Waals surface area contributed by atoms with Gasteiger partial charge in [0.15, 0.2) is 0 Å². The first-order valence-electron chi connectivity index (χ1n) is 9.46. The fraction of sp³-hybridized carbons (Fsp3) is 0.286. The maximum Gasteiger partial charge on any atom is 0.264 e. The van der Waals surface area contributed by atoms with Crippen LogP contribution in [0.25, 0.3) is 0 Å². The molecule has 2 aromatic rings. The Hall–Kier alpha value is -2.55. The number of ether oxygens (including phenoxy) is 1. The van der Waals surface area contributed by atoms with Crippen LogP contribution in [0.1, 0.15) is 13.8 Å². The number of allylic oxidation sites excluding steroid dienone is 1. The van der Waals surface area contributed by atoms with Crippen molar-refractivity contribution in [1.82, 2.24) is 0 Å². The molecule has 2 N–H and O–H groups in total. The topological polar surface area (TPSA) is 87.7 Å². The first-order chi connectivity index (χ1) is 14.3. The molecule has 0 unspecified atom stereocenters. The van der Waals surface area contributed by atoms with Gasteiger partial charge in [-0.3, -0.25) is 9.52 Å². The van der Waals surface area contributed by atoms with Gasteiger partial charge in [-0.2, -0.15) is 0 Å². The van der Waals surface area contributed by atoms with Crippen LogP contribution < -0.4 is 14.9 Å². The molecule has 0 radical (unpaired) electrons. The molecule has 0 aliphatic carbocycles. The summed E-state index contributed by atoms with van der Waals surface area (Å²) in [5.74, 6) is -0.323. The van der Waals surface area contributed by atoms with Crippen LogP contribution in [0.4, 0.5) is 17.1 Å². The van der Waals surface area contributed by atoms with Crippen molar-refractivity contribution < 1.29 is 17.9 Å². The predicted molar refractivity (Wildman–Crippen MR) is 120 cm³/mol. The molecule has 0 aromatic heterocycles. The summed E-state index contributed by atoms with van der Waals surface area (Å²) >= 11 is 6.14. The van der Waals surface area contributed by atoms with E-state index in [-0.39, 0.29) is 16.5 Å². The van der Waals surface area contributed by atoms with Crippen molar-refractivity contribution in [3.63, 3.8) is 0 Å². The smallest absolute Gasteiger partial charge is 0.264 e. The van der Waals surface area contributed by atoms with Crippen LogP contribution in [0, 0.1) is 0 Å². The Morgan fingerprint density at radius 3 is 2.50 bits per heavy atom. The second kappa shape index (κ2) is 9.51. The number of halogens is 1. The fourth-order valence-electron chi connectivity index (χ4n) is 3.06. The summed E-state index contributed by atoms with van der Waals surface area (Å²) < 4.78 is 34.5. The quantitative estimate of drug-likeness (QED) is 0.653. The van der Waals surface area contributed by atoms with Crippen LogP contribution in [0.2, 0.25) is 5.02 Å². The predicted octanol–water partition coefficient (Wildman–Crippen LogP) is 3.88. The van der Waals surface area contributed by atoms with E-state index in [1.54, 1.807) is 36.4 Å². The number of nitrogens with one attached hydrogen (secondary N) is 2. The third-order valence-electron chi connectivity index (χ3n) is 4.41. The second-order valence-corrected chi connectivity index (χ2v) is 9.14. The molecule has 0 spiro atoms. The van der Waals surface area contributed by atoms with Crippen LogP contribution in [0.15, 0.2) is 59.0 Å². The maximum absolute atomic E-state index is 13.3. The van der Waals surface area contributed by atoms with E-state index < -0.39 is 10.0 Å². The average Bonchev–Trinajstić information content (AvgIpc) is 2.69. The highest BCUT2D eigenvalue weighted by molar-refractivity contribution is 7.93. The van der Waals surface area contributed by atoms with Crippen molar-refractivity contribution in [3.8, 4) is 0 Å². The van der Waals surface area contributed by atoms with Crippen molar-refractivity contribution in [2.45, 2.75) is 18.7 Å². The minimum atomic E-state index is -3.98. The molecule has 1 heterocycles. The highest BCUT2D eigenvalue weighted by Gasteiger charge is 2.25. The van der Waals surface area contributed by atoms with Gasteiger partial charge in [0.05, 0.1) is 29.6 Å². The van der Waals surface area contributed by atoms with Crippen LogP contribution >= 0.6 is 11.6 Å². The molecule has 160 valence electrons. The largest absolute Gasteiger partial charge is 0.378 e. The Kier molecular flexibility index (Phi) is 7.02. The van der Waals surface area contributed by atoms with Gasteiger partial charge in [0.2, 0.25) is 5.91 Å². The maximum atomic E-state index is 13.3. The molecule has 7 nitrogen and oxygen atoms in total. The van der Waals surface area contributed by atoms with Gasteiger partial charge in [-0.25, -0.2) is 8.42 Å². The molecule has 9 heteroatoms. The number of carbonyl (C=O) groups excluding carboxylic acids is 1. The van der Waals surface area contributed by atoms with Gasteiger partial charge in [0, 0.05) is 24.9 Å². The van der Waals surface area contributed by atoms with Gasteiger partial charge in [0.25, 0.3) is 10.0 Å². The van der Waals surface area contributed by atoms with E-state index in [9.17, 15) is 13.2 Å². The molecule has 3 rings (SSSR count). The molecule has 2 aromatic carbocycles. The minimum absolute atomic E-state index is 0.0549. The lowest BCUT2D eigenvalue weighted by Gasteiger charge is -2.30. The normalized spacial score (nSPS) is 14.2. The van der Waals surface area contributed by atoms with Crippen LogP contribution in [-0.2, 0) is 19.6 Å². The Labute approximate surface area is 181 Å². The summed E-state index contributed by atoms with van der Waals surface area (Å²) in [7, 11) is -3.98. The molecule has 1 fully saturated rings. The van der Waals surface area contributed by atoms with E-state index in [0.29, 0.717) is 42.7 Å². The number of hydrogen-bond donors (Lipinski definition) is 2. The monoisotopic (exact) mass is 449 g/mol. The van der Waals surface area contributed by atoms with Gasteiger partial charge in [-0.1, -0.05) is 29.3 Å². The molecule has 30 heavy (non-hydrogen) atoms. The number of para-hydroxylation sites is 1. The Morgan fingerprint density at radius 1 is 1.13 bits per heavy atom. The molecule has 1 aliphatic heterocycles. The van der Waals surface area contributed by atoms with Gasteiger partial charge < -0.3 is 15.0 Å². The minimum Gasteiger partial charge on any atom is -0.378 e. The SMILES string of the molecule is CC(C)=CC(=O)Nc1ccc(N2CCOCC2)c(S(=O)(=O)Nc2ccccc2Cl)c1. The molecule has 0 atom stereocenters. The average molecular weight is 450 g/mol. The second-order valence-electron chi connectivity index (χ2n) is 7.08. The van der Waals surface area contributed by atoms with Gasteiger partial charge in [-0.15, -0.1) is 0 Å². The van der Waals surface area contributed by atoms with Gasteiger partial charge >= 0.3 is 0 Å². The van der Waals surface area contributed by atoms with E-state index in [2.05, 4.69) is 10.0 Å². The number of nitrogens with zero attached hydrogens (tertiary/aromatic N) is 1. The zero-order chi connectivity index (χ0) is 21.7. The lowest BCUT2D eigenvalue weighted by atomic mass is 10.2. The van der Waals surface area contributed by atoms with E-state index in [0.717, 1.165) is 5.57 Å². The zero-order valence-electron chi connectivity index (χ0n) is 16.8. The standard InChI is InChI=1S/C21H24ClN3O4S/c1-15(2)13-21(26)23-16-7-8-19(25-9-11-29-12-10-25)20(14-16)30(27,28)24-18-6-4-3-5-17(18)22/h3-8,13-14,24H,9-12H2,1-2H3,(H,23,26). The third kappa shape index (κ3) is 5.53. The number of carbonyl (C=O) groups is 1. The molecule has 0 bridgehead atoms. The number of amides is 1. The van der Waals surface area contributed by atoms with Crippen LogP contribution in [-0.4, -0.2) is 40.6 Å². The molecule has 1 saturated heterocycles. The molecule has 1 aliphatic rings. The van der Waals surface area contributed by atoms with Crippen molar-refractivity contribution in [2.75, 3.05) is 41.2 Å². The Morgan fingerprint density at radius 2 is 1.83 bits per heavy atom. The molecular weight excluding hydrogens is 426 g/mol. The highest BCUT2D eigenvalue weighted by atomic mass is 35.5. The number of hydrogen-bond acceptors (Lipinski definition) is 5. The summed E-state index contributed by atoms with van der Waals surface area (Å²) in [5.41, 5.74) is 2.05. The first kappa shape index (κ1) is 22.1. The lowest BCUT2D eigenvalue weighted by molar-refractivity contribution is -0.111. The summed E-state index contributed by atoms with van der Waals surface area (Å²) in [6.45, 7) is 5.78. The van der Waals surface area contributed by atoms with Crippen molar-refractivity contribution >= 4 is 44.6 Å². The number of sulfonamides is 1. The lowest BCUT2D eigenvalue weighted by Crippen LogP contribution is -2.37. The van der Waals surface area contributed by atoms with Crippen LogP contribution in [0.3, 0.4) is 0 Å². The Balaban J connectivity index is 2.01. The van der Waals surface area contributed by atoms with Crippen LogP contribution in [0.5, 0.6) is 0 Å². The van der Waals surface area contributed by atoms with E-state index >= 15 is 0 Å². The number of benzene rings is 2. The first-order valence-corrected chi connectivity index (χ1v) is 11.3. The summed E-state index contributed by atoms with van der Waals surface area (Å²) in [5, 5.41) is 3.01. The molecular formula is C21H24ClN3O4S. The fourth-order valence-corrected chi connectivity index (χ4v) is 4.63. The summed E-state index contributed by atoms with van der Waals surface area (Å²) in [6.07, 6.45) is 1.45. The van der Waals surface area contributed by atoms with Crippen molar-refractivity contribution in [1.29, 1.82) is 0 Å². The van der Waals surface area contributed by atoms with Crippen molar-refractivity contribution in [3.05, 3.63) is 59.1 Å². The highest BCUT2D eigenvalue weighted by Crippen LogP contribution is 2.32. The van der Waals surface area contributed by atoms with E-state index in [1.807, 2.05) is 18.7 Å². The van der Waals surface area contributed by atoms with Crippen molar-refractivity contribution in [2.24, 2.45) is 0 Å².